The summed E-state index contributed by atoms with van der Waals surface area (Å²) in [5.41, 5.74) is 7.01. The minimum absolute atomic E-state index is 0.369. The van der Waals surface area contributed by atoms with Gasteiger partial charge in [-0.2, -0.15) is 0 Å². The first-order valence-corrected chi connectivity index (χ1v) is 8.49. The highest BCUT2D eigenvalue weighted by atomic mass is 32.2. The van der Waals surface area contributed by atoms with E-state index in [1.807, 2.05) is 0 Å². The molecule has 1 fully saturated rings. The Hall–Kier alpha value is -2.01. The fraction of sp³-hybridized carbons (Fsp3) is 0.385. The van der Waals surface area contributed by atoms with Crippen LogP contribution in [0.1, 0.15) is 6.23 Å². The van der Waals surface area contributed by atoms with E-state index in [-0.39, 0.29) is 0 Å². The number of aromatic nitrogens is 3. The number of nitrogens with two attached hydrogens (primary N) is 1. The molecule has 1 unspecified atom stereocenters. The summed E-state index contributed by atoms with van der Waals surface area (Å²) in [7, 11) is -3.59. The summed E-state index contributed by atoms with van der Waals surface area (Å²) in [6.07, 6.45) is -1.95. The number of nitrogen functional groups attached to an aromatic ring is 1. The fourth-order valence-electron chi connectivity index (χ4n) is 2.53. The van der Waals surface area contributed by atoms with Crippen LogP contribution in [0, 0.1) is 0 Å². The Labute approximate surface area is 131 Å². The molecule has 3 heterocycles. The van der Waals surface area contributed by atoms with E-state index in [1.54, 1.807) is 6.07 Å². The van der Waals surface area contributed by atoms with Crippen molar-refractivity contribution in [3.05, 3.63) is 30.6 Å². The first-order valence-electron chi connectivity index (χ1n) is 6.78. The van der Waals surface area contributed by atoms with Gasteiger partial charge in [0.05, 0.1) is 17.8 Å². The Bertz CT molecular complexity index is 849. The van der Waals surface area contributed by atoms with Crippen molar-refractivity contribution in [2.75, 3.05) is 11.5 Å². The van der Waals surface area contributed by atoms with Crippen molar-refractivity contribution < 1.29 is 23.4 Å². The van der Waals surface area contributed by atoms with Gasteiger partial charge in [-0.3, -0.25) is 4.57 Å². The highest BCUT2D eigenvalue weighted by Gasteiger charge is 2.45. The molecule has 0 saturated carbocycles. The minimum Gasteiger partial charge on any atom is -0.397 e. The summed E-state index contributed by atoms with van der Waals surface area (Å²) in [6, 6.07) is 1.58. The van der Waals surface area contributed by atoms with Crippen molar-refractivity contribution in [2.24, 2.45) is 0 Å². The van der Waals surface area contributed by atoms with Crippen LogP contribution >= 0.6 is 0 Å². The maximum atomic E-state index is 11.6. The van der Waals surface area contributed by atoms with Crippen LogP contribution in [0.25, 0.3) is 11.2 Å². The number of ether oxygens (including phenoxy) is 1. The third-order valence-electron chi connectivity index (χ3n) is 3.75. The summed E-state index contributed by atoms with van der Waals surface area (Å²) >= 11 is 0. The van der Waals surface area contributed by atoms with Gasteiger partial charge in [-0.15, -0.1) is 0 Å². The van der Waals surface area contributed by atoms with Crippen LogP contribution in [-0.4, -0.2) is 57.2 Å². The predicted octanol–water partition coefficient (Wildman–Crippen LogP) is -0.809. The van der Waals surface area contributed by atoms with Crippen LogP contribution in [0.4, 0.5) is 5.69 Å². The molecular formula is C13H16N4O5S. The molecule has 1 aliphatic rings. The Morgan fingerprint density at radius 1 is 1.39 bits per heavy atom. The zero-order valence-electron chi connectivity index (χ0n) is 12.0. The molecule has 23 heavy (non-hydrogen) atoms. The number of sulfone groups is 1. The zero-order valence-corrected chi connectivity index (χ0v) is 12.8. The number of nitrogens with zero attached hydrogens (tertiary/aromatic N) is 3. The largest absolute Gasteiger partial charge is 0.397 e. The number of hydrogen-bond donors (Lipinski definition) is 3. The van der Waals surface area contributed by atoms with Crippen molar-refractivity contribution in [1.29, 1.82) is 0 Å². The highest BCUT2D eigenvalue weighted by Crippen LogP contribution is 2.32. The number of aliphatic hydroxyl groups is 2. The maximum absolute atomic E-state index is 11.6. The number of rotatable bonds is 4. The standard InChI is InChI=1S/C13H16N4O5S/c1-2-23(20,21)5-8-10(18)11(19)13(22-8)17-6-16-9-7(14)3-4-15-12(9)17/h2-4,6,8,10-11,13,18-19H,1,5H2,(H2,14,15)/t8-,10?,11+,13-/m1/s1. The van der Waals surface area contributed by atoms with Gasteiger partial charge in [-0.05, 0) is 6.07 Å². The summed E-state index contributed by atoms with van der Waals surface area (Å²) in [4.78, 5) is 8.24. The average molecular weight is 340 g/mol. The molecule has 10 heteroatoms. The van der Waals surface area contributed by atoms with Crippen molar-refractivity contribution >= 4 is 26.7 Å². The Balaban J connectivity index is 1.94. The third-order valence-corrected chi connectivity index (χ3v) is 5.05. The minimum atomic E-state index is -3.59. The smallest absolute Gasteiger partial charge is 0.173 e. The van der Waals surface area contributed by atoms with Crippen molar-refractivity contribution in [2.45, 2.75) is 24.5 Å². The van der Waals surface area contributed by atoms with Crippen LogP contribution in [0.5, 0.6) is 0 Å². The lowest BCUT2D eigenvalue weighted by Gasteiger charge is -2.16. The first kappa shape index (κ1) is 15.9. The molecular weight excluding hydrogens is 324 g/mol. The molecule has 9 nitrogen and oxygen atoms in total. The number of imidazole rings is 1. The normalized spacial score (nSPS) is 28.3. The summed E-state index contributed by atoms with van der Waals surface area (Å²) in [6.45, 7) is 3.21. The summed E-state index contributed by atoms with van der Waals surface area (Å²) in [5, 5.41) is 21.0. The van der Waals surface area contributed by atoms with Crippen LogP contribution < -0.4 is 5.73 Å². The van der Waals surface area contributed by atoms with Gasteiger partial charge in [0.2, 0.25) is 0 Å². The number of pyridine rings is 1. The lowest BCUT2D eigenvalue weighted by Crippen LogP contribution is -2.34. The molecule has 0 bridgehead atoms. The van der Waals surface area contributed by atoms with Gasteiger partial charge in [-0.1, -0.05) is 6.58 Å². The van der Waals surface area contributed by atoms with E-state index in [4.69, 9.17) is 10.5 Å². The Morgan fingerprint density at radius 2 is 2.13 bits per heavy atom. The summed E-state index contributed by atoms with van der Waals surface area (Å²) < 4.78 is 30.2. The van der Waals surface area contributed by atoms with E-state index in [0.717, 1.165) is 5.41 Å². The molecule has 4 atom stereocenters. The van der Waals surface area contributed by atoms with Gasteiger partial charge in [0.15, 0.2) is 21.7 Å². The van der Waals surface area contributed by atoms with Gasteiger partial charge in [0.25, 0.3) is 0 Å². The van der Waals surface area contributed by atoms with Gasteiger partial charge in [0.1, 0.15) is 23.8 Å². The number of fused-ring (bicyclic) bond motifs is 1. The van der Waals surface area contributed by atoms with Crippen LogP contribution in [0.3, 0.4) is 0 Å². The van der Waals surface area contributed by atoms with Crippen LogP contribution in [0.15, 0.2) is 30.6 Å². The Morgan fingerprint density at radius 3 is 2.83 bits per heavy atom. The molecule has 0 amide bonds. The molecule has 1 aliphatic heterocycles. The number of anilines is 1. The van der Waals surface area contributed by atoms with E-state index >= 15 is 0 Å². The van der Waals surface area contributed by atoms with E-state index in [9.17, 15) is 18.6 Å². The molecule has 0 spiro atoms. The highest BCUT2D eigenvalue weighted by molar-refractivity contribution is 7.94. The molecule has 124 valence electrons. The molecule has 0 aromatic carbocycles. The number of hydrogen-bond acceptors (Lipinski definition) is 8. The van der Waals surface area contributed by atoms with Gasteiger partial charge in [0, 0.05) is 11.6 Å². The number of aliphatic hydroxyl groups excluding tert-OH is 2. The predicted molar refractivity (Wildman–Crippen MR) is 81.8 cm³/mol. The first-order chi connectivity index (χ1) is 10.8. The van der Waals surface area contributed by atoms with Gasteiger partial charge < -0.3 is 20.7 Å². The van der Waals surface area contributed by atoms with E-state index in [1.165, 1.54) is 17.1 Å². The molecule has 1 saturated heterocycles. The molecule has 0 aliphatic carbocycles. The lowest BCUT2D eigenvalue weighted by atomic mass is 10.1. The molecule has 0 radical (unpaired) electrons. The monoisotopic (exact) mass is 340 g/mol. The van der Waals surface area contributed by atoms with Crippen molar-refractivity contribution in [1.82, 2.24) is 14.5 Å². The van der Waals surface area contributed by atoms with Crippen LogP contribution in [0.2, 0.25) is 0 Å². The quantitative estimate of drug-likeness (QED) is 0.656. The van der Waals surface area contributed by atoms with E-state index < -0.39 is 40.1 Å². The topological polar surface area (TPSA) is 141 Å². The van der Waals surface area contributed by atoms with Crippen molar-refractivity contribution in [3.8, 4) is 0 Å². The summed E-state index contributed by atoms with van der Waals surface area (Å²) in [5.74, 6) is -0.479. The second-order valence-electron chi connectivity index (χ2n) is 5.27. The van der Waals surface area contributed by atoms with E-state index in [0.29, 0.717) is 16.9 Å². The molecule has 4 N–H and O–H groups in total. The van der Waals surface area contributed by atoms with E-state index in [2.05, 4.69) is 16.5 Å². The lowest BCUT2D eigenvalue weighted by molar-refractivity contribution is -0.0291. The molecule has 2 aromatic heterocycles. The fourth-order valence-corrected chi connectivity index (χ4v) is 3.40. The Kier molecular flexibility index (Phi) is 3.84. The average Bonchev–Trinajstić information content (AvgIpc) is 3.05. The molecule has 3 rings (SSSR count). The maximum Gasteiger partial charge on any atom is 0.173 e. The SMILES string of the molecule is C=CS(=O)(=O)C[C@H]1O[C@@H](n2cnc3c(N)ccnc32)[C@@H](O)C1O. The second kappa shape index (κ2) is 5.57. The van der Waals surface area contributed by atoms with Crippen molar-refractivity contribution in [3.63, 3.8) is 0 Å². The van der Waals surface area contributed by atoms with Crippen LogP contribution in [-0.2, 0) is 14.6 Å². The second-order valence-corrected chi connectivity index (χ2v) is 7.26. The molecule has 2 aromatic rings. The van der Waals surface area contributed by atoms with Gasteiger partial charge in [-0.25, -0.2) is 18.4 Å². The zero-order chi connectivity index (χ0) is 16.8. The third kappa shape index (κ3) is 2.70. The van der Waals surface area contributed by atoms with Gasteiger partial charge >= 0.3 is 0 Å².